The minimum absolute atomic E-state index is 0.181. The maximum atomic E-state index is 13.2. The minimum Gasteiger partial charge on any atom is -0.352 e. The molecule has 0 spiro atoms. The van der Waals surface area contributed by atoms with Crippen LogP contribution in [0.15, 0.2) is 85.3 Å². The van der Waals surface area contributed by atoms with E-state index in [1.54, 1.807) is 6.20 Å². The first-order valence-electron chi connectivity index (χ1n) is 11.6. The van der Waals surface area contributed by atoms with Gasteiger partial charge in [0.1, 0.15) is 11.6 Å². The standard InChI is InChI=1S/C27H25FN6OS/c1-18-7-12-23(30-17-18)33-15-4-6-22(33)26-25(21-5-2-3-14-29-21)32-27(36)34(26)16-13-24(35)31-20-10-8-19(28)9-11-20/h2-12,14-15,17,25-26H,13,16H2,1H3,(H,31,35)(H,32,36)/t25-,26-/m0/s1. The van der Waals surface area contributed by atoms with E-state index in [2.05, 4.69) is 20.6 Å². The number of carbonyl (C=O) groups excluding carboxylic acids is 1. The van der Waals surface area contributed by atoms with E-state index in [-0.39, 0.29) is 30.2 Å². The number of amides is 1. The quantitative estimate of drug-likeness (QED) is 0.358. The first-order valence-corrected chi connectivity index (χ1v) is 12.0. The molecule has 0 aliphatic carbocycles. The van der Waals surface area contributed by atoms with Gasteiger partial charge in [0.25, 0.3) is 0 Å². The van der Waals surface area contributed by atoms with Crippen LogP contribution in [-0.4, -0.2) is 37.0 Å². The number of carbonyl (C=O) groups is 1. The maximum Gasteiger partial charge on any atom is 0.226 e. The van der Waals surface area contributed by atoms with E-state index in [1.165, 1.54) is 24.3 Å². The molecule has 4 heterocycles. The Labute approximate surface area is 214 Å². The highest BCUT2D eigenvalue weighted by molar-refractivity contribution is 7.80. The Morgan fingerprint density at radius 2 is 1.92 bits per heavy atom. The number of hydrogen-bond acceptors (Lipinski definition) is 4. The van der Waals surface area contributed by atoms with Crippen LogP contribution in [0.1, 0.15) is 35.5 Å². The molecule has 5 rings (SSSR count). The van der Waals surface area contributed by atoms with Crippen LogP contribution in [-0.2, 0) is 4.79 Å². The summed E-state index contributed by atoms with van der Waals surface area (Å²) < 4.78 is 15.2. The fraction of sp³-hybridized carbons (Fsp3) is 0.185. The fourth-order valence-corrected chi connectivity index (χ4v) is 4.72. The molecule has 3 aromatic heterocycles. The Morgan fingerprint density at radius 1 is 1.08 bits per heavy atom. The predicted molar refractivity (Wildman–Crippen MR) is 140 cm³/mol. The zero-order chi connectivity index (χ0) is 25.1. The fourth-order valence-electron chi connectivity index (χ4n) is 4.39. The van der Waals surface area contributed by atoms with Crippen LogP contribution in [0, 0.1) is 12.7 Å². The molecule has 182 valence electrons. The van der Waals surface area contributed by atoms with E-state index in [0.29, 0.717) is 17.3 Å². The number of halogens is 1. The van der Waals surface area contributed by atoms with Gasteiger partial charge in [0.05, 0.1) is 17.8 Å². The lowest BCUT2D eigenvalue weighted by molar-refractivity contribution is -0.116. The smallest absolute Gasteiger partial charge is 0.226 e. The molecule has 1 amide bonds. The second-order valence-corrected chi connectivity index (χ2v) is 9.01. The van der Waals surface area contributed by atoms with Gasteiger partial charge in [-0.05, 0) is 79.3 Å². The van der Waals surface area contributed by atoms with Crippen molar-refractivity contribution in [2.24, 2.45) is 0 Å². The zero-order valence-corrected chi connectivity index (χ0v) is 20.5. The highest BCUT2D eigenvalue weighted by Crippen LogP contribution is 2.39. The monoisotopic (exact) mass is 500 g/mol. The summed E-state index contributed by atoms with van der Waals surface area (Å²) in [5, 5.41) is 6.78. The number of pyridine rings is 2. The van der Waals surface area contributed by atoms with Crippen LogP contribution >= 0.6 is 12.2 Å². The van der Waals surface area contributed by atoms with Gasteiger partial charge < -0.3 is 20.1 Å². The van der Waals surface area contributed by atoms with Gasteiger partial charge in [-0.2, -0.15) is 0 Å². The van der Waals surface area contributed by atoms with Gasteiger partial charge in [-0.3, -0.25) is 9.78 Å². The Kier molecular flexibility index (Phi) is 6.73. The summed E-state index contributed by atoms with van der Waals surface area (Å²) in [5.74, 6) is 0.267. The first-order chi connectivity index (χ1) is 17.5. The topological polar surface area (TPSA) is 75.1 Å². The average Bonchev–Trinajstić information content (AvgIpc) is 3.49. The van der Waals surface area contributed by atoms with E-state index >= 15 is 0 Å². The highest BCUT2D eigenvalue weighted by atomic mass is 32.1. The Balaban J connectivity index is 1.43. The normalized spacial score (nSPS) is 17.2. The van der Waals surface area contributed by atoms with E-state index in [0.717, 1.165) is 22.8 Å². The van der Waals surface area contributed by atoms with Gasteiger partial charge in [-0.1, -0.05) is 12.1 Å². The maximum absolute atomic E-state index is 13.2. The molecule has 36 heavy (non-hydrogen) atoms. The molecule has 1 saturated heterocycles. The third-order valence-corrected chi connectivity index (χ3v) is 6.48. The third kappa shape index (κ3) is 4.96. The molecule has 1 fully saturated rings. The number of hydrogen-bond donors (Lipinski definition) is 2. The van der Waals surface area contributed by atoms with Gasteiger partial charge in [0.15, 0.2) is 5.11 Å². The van der Waals surface area contributed by atoms with Crippen LogP contribution < -0.4 is 10.6 Å². The van der Waals surface area contributed by atoms with E-state index in [9.17, 15) is 9.18 Å². The van der Waals surface area contributed by atoms with Gasteiger partial charge in [0.2, 0.25) is 5.91 Å². The lowest BCUT2D eigenvalue weighted by atomic mass is 10.0. The van der Waals surface area contributed by atoms with Crippen LogP contribution in [0.3, 0.4) is 0 Å². The van der Waals surface area contributed by atoms with Crippen molar-refractivity contribution >= 4 is 28.9 Å². The molecule has 0 saturated carbocycles. The molecule has 1 aliphatic heterocycles. The summed E-state index contributed by atoms with van der Waals surface area (Å²) in [5.41, 5.74) is 3.46. The van der Waals surface area contributed by atoms with E-state index in [1.807, 2.05) is 71.2 Å². The summed E-state index contributed by atoms with van der Waals surface area (Å²) in [6.45, 7) is 2.39. The van der Waals surface area contributed by atoms with Crippen LogP contribution in [0.2, 0.25) is 0 Å². The average molecular weight is 501 g/mol. The second kappa shape index (κ2) is 10.2. The highest BCUT2D eigenvalue weighted by Gasteiger charge is 2.41. The Hall–Kier alpha value is -4.11. The number of aromatic nitrogens is 3. The largest absolute Gasteiger partial charge is 0.352 e. The molecule has 2 atom stereocenters. The minimum atomic E-state index is -0.351. The van der Waals surface area contributed by atoms with Crippen molar-refractivity contribution in [1.29, 1.82) is 0 Å². The molecule has 1 aromatic carbocycles. The van der Waals surface area contributed by atoms with Gasteiger partial charge >= 0.3 is 0 Å². The van der Waals surface area contributed by atoms with Crippen molar-refractivity contribution in [3.8, 4) is 5.82 Å². The zero-order valence-electron chi connectivity index (χ0n) is 19.6. The summed E-state index contributed by atoms with van der Waals surface area (Å²) in [6, 6.07) is 19.1. The van der Waals surface area contributed by atoms with Crippen molar-refractivity contribution in [2.45, 2.75) is 25.4 Å². The molecule has 7 nitrogen and oxygen atoms in total. The molecular weight excluding hydrogens is 475 g/mol. The summed E-state index contributed by atoms with van der Waals surface area (Å²) in [7, 11) is 0. The molecule has 0 unspecified atom stereocenters. The Morgan fingerprint density at radius 3 is 2.64 bits per heavy atom. The van der Waals surface area contributed by atoms with Crippen molar-refractivity contribution in [1.82, 2.24) is 24.8 Å². The summed E-state index contributed by atoms with van der Waals surface area (Å²) in [6.07, 6.45) is 5.78. The molecule has 4 aromatic rings. The lowest BCUT2D eigenvalue weighted by Gasteiger charge is -2.28. The van der Waals surface area contributed by atoms with Crippen molar-refractivity contribution < 1.29 is 9.18 Å². The van der Waals surface area contributed by atoms with Crippen molar-refractivity contribution in [2.75, 3.05) is 11.9 Å². The van der Waals surface area contributed by atoms with Gasteiger partial charge in [-0.15, -0.1) is 0 Å². The molecule has 1 aliphatic rings. The van der Waals surface area contributed by atoms with E-state index in [4.69, 9.17) is 12.2 Å². The Bertz CT molecular complexity index is 1360. The summed E-state index contributed by atoms with van der Waals surface area (Å²) in [4.78, 5) is 23.9. The van der Waals surface area contributed by atoms with E-state index < -0.39 is 0 Å². The van der Waals surface area contributed by atoms with Gasteiger partial charge in [0, 0.05) is 42.9 Å². The second-order valence-electron chi connectivity index (χ2n) is 8.62. The summed E-state index contributed by atoms with van der Waals surface area (Å²) >= 11 is 5.73. The number of nitrogens with one attached hydrogen (secondary N) is 2. The molecule has 0 bridgehead atoms. The van der Waals surface area contributed by atoms with Crippen LogP contribution in [0.25, 0.3) is 5.82 Å². The number of anilines is 1. The number of rotatable bonds is 7. The van der Waals surface area contributed by atoms with Crippen LogP contribution in [0.5, 0.6) is 0 Å². The number of benzene rings is 1. The number of thiocarbonyl (C=S) groups is 1. The SMILES string of the molecule is Cc1ccc(-n2cccc2[C@H]2[C@H](c3ccccn3)NC(=S)N2CCC(=O)Nc2ccc(F)cc2)nc1. The van der Waals surface area contributed by atoms with Gasteiger partial charge in [-0.25, -0.2) is 9.37 Å². The van der Waals surface area contributed by atoms with Crippen molar-refractivity contribution in [3.05, 3.63) is 108 Å². The first kappa shape index (κ1) is 23.6. The molecule has 2 N–H and O–H groups in total. The third-order valence-electron chi connectivity index (χ3n) is 6.13. The molecule has 9 heteroatoms. The molecular formula is C27H25FN6OS. The number of aryl methyl sites for hydroxylation is 1. The molecule has 0 radical (unpaired) electrons. The number of nitrogens with zero attached hydrogens (tertiary/aromatic N) is 4. The van der Waals surface area contributed by atoms with Crippen LogP contribution in [0.4, 0.5) is 10.1 Å². The lowest BCUT2D eigenvalue weighted by Crippen LogP contribution is -2.33. The predicted octanol–water partition coefficient (Wildman–Crippen LogP) is 4.72. The van der Waals surface area contributed by atoms with Crippen molar-refractivity contribution in [3.63, 3.8) is 0 Å².